The van der Waals surface area contributed by atoms with Gasteiger partial charge in [0.15, 0.2) is 0 Å². The van der Waals surface area contributed by atoms with Crippen molar-refractivity contribution >= 4 is 5.69 Å². The summed E-state index contributed by atoms with van der Waals surface area (Å²) in [7, 11) is 1.57. The lowest BCUT2D eigenvalue weighted by atomic mass is 9.91. The Labute approximate surface area is 95.0 Å². The molecule has 1 heterocycles. The Morgan fingerprint density at radius 2 is 2.19 bits per heavy atom. The van der Waals surface area contributed by atoms with Crippen LogP contribution in [0.4, 0.5) is 5.69 Å². The maximum absolute atomic E-state index is 9.92. The normalized spacial score (nSPS) is 22.1. The second kappa shape index (κ2) is 3.56. The molecular formula is C12H17NO3. The molecule has 0 aromatic heterocycles. The van der Waals surface area contributed by atoms with Gasteiger partial charge in [0.05, 0.1) is 18.9 Å². The minimum atomic E-state index is -0.575. The molecule has 1 aliphatic rings. The molecule has 1 aromatic carbocycles. The molecule has 0 bridgehead atoms. The summed E-state index contributed by atoms with van der Waals surface area (Å²) in [6.07, 6.45) is 0.0345. The fourth-order valence-corrected chi connectivity index (χ4v) is 1.85. The van der Waals surface area contributed by atoms with E-state index >= 15 is 0 Å². The predicted molar refractivity (Wildman–Crippen MR) is 61.8 cm³/mol. The first kappa shape index (κ1) is 11.1. The smallest absolute Gasteiger partial charge is 0.142 e. The quantitative estimate of drug-likeness (QED) is 0.705. The molecule has 0 unspecified atom stereocenters. The number of hydrogen-bond donors (Lipinski definition) is 2. The monoisotopic (exact) mass is 223 g/mol. The molecule has 0 saturated carbocycles. The highest BCUT2D eigenvalue weighted by Crippen LogP contribution is 2.38. The molecule has 4 nitrogen and oxygen atoms in total. The molecule has 2 rings (SSSR count). The van der Waals surface area contributed by atoms with E-state index in [4.69, 9.17) is 15.2 Å². The first-order chi connectivity index (χ1) is 7.44. The van der Waals surface area contributed by atoms with Crippen LogP contribution in [0.5, 0.6) is 11.5 Å². The number of benzene rings is 1. The molecule has 3 N–H and O–H groups in total. The Morgan fingerprint density at radius 3 is 2.81 bits per heavy atom. The minimum Gasteiger partial charge on any atom is -0.495 e. The molecule has 0 fully saturated rings. The molecule has 0 spiro atoms. The lowest BCUT2D eigenvalue weighted by Gasteiger charge is -2.37. The third-order valence-corrected chi connectivity index (χ3v) is 3.00. The second-order valence-electron chi connectivity index (χ2n) is 4.63. The molecule has 0 aliphatic carbocycles. The van der Waals surface area contributed by atoms with Crippen LogP contribution in [0.2, 0.25) is 0 Å². The number of ether oxygens (including phenoxy) is 2. The zero-order chi connectivity index (χ0) is 11.9. The Morgan fingerprint density at radius 1 is 1.50 bits per heavy atom. The molecule has 0 radical (unpaired) electrons. The molecule has 0 saturated heterocycles. The molecule has 16 heavy (non-hydrogen) atoms. The van der Waals surface area contributed by atoms with Gasteiger partial charge in [0.2, 0.25) is 0 Å². The highest BCUT2D eigenvalue weighted by Gasteiger charge is 2.36. The number of rotatable bonds is 1. The van der Waals surface area contributed by atoms with Crippen molar-refractivity contribution in [2.45, 2.75) is 32.0 Å². The van der Waals surface area contributed by atoms with E-state index in [1.165, 1.54) is 0 Å². The van der Waals surface area contributed by atoms with Gasteiger partial charge >= 0.3 is 0 Å². The van der Waals surface area contributed by atoms with Crippen molar-refractivity contribution in [3.05, 3.63) is 17.7 Å². The number of anilines is 1. The first-order valence-electron chi connectivity index (χ1n) is 5.27. The minimum absolute atomic E-state index is 0.520. The van der Waals surface area contributed by atoms with Crippen LogP contribution < -0.4 is 15.2 Å². The number of fused-ring (bicyclic) bond motifs is 1. The van der Waals surface area contributed by atoms with Crippen LogP contribution in [0.25, 0.3) is 0 Å². The van der Waals surface area contributed by atoms with E-state index in [0.29, 0.717) is 17.9 Å². The average molecular weight is 223 g/mol. The van der Waals surface area contributed by atoms with E-state index in [-0.39, 0.29) is 0 Å². The maximum atomic E-state index is 9.92. The molecule has 1 aromatic rings. The highest BCUT2D eigenvalue weighted by atomic mass is 16.5. The fraction of sp³-hybridized carbons (Fsp3) is 0.500. The van der Waals surface area contributed by atoms with Crippen molar-refractivity contribution in [2.75, 3.05) is 12.8 Å². The van der Waals surface area contributed by atoms with Crippen molar-refractivity contribution in [1.82, 2.24) is 0 Å². The van der Waals surface area contributed by atoms with Gasteiger partial charge in [0.25, 0.3) is 0 Å². The van der Waals surface area contributed by atoms with Crippen LogP contribution in [0.3, 0.4) is 0 Å². The standard InChI is InChI=1S/C12H17NO3/c1-12(2)11(14)5-7-4-10(15-3)8(13)6-9(7)16-12/h4,6,11,14H,5,13H2,1-3H3/t11-/m1/s1. The zero-order valence-corrected chi connectivity index (χ0v) is 9.78. The van der Waals surface area contributed by atoms with E-state index in [9.17, 15) is 5.11 Å². The summed E-state index contributed by atoms with van der Waals surface area (Å²) >= 11 is 0. The van der Waals surface area contributed by atoms with Gasteiger partial charge in [0.1, 0.15) is 17.1 Å². The van der Waals surface area contributed by atoms with Gasteiger partial charge in [-0.1, -0.05) is 0 Å². The summed E-state index contributed by atoms with van der Waals surface area (Å²) in [6, 6.07) is 3.57. The van der Waals surface area contributed by atoms with Gasteiger partial charge in [-0.25, -0.2) is 0 Å². The van der Waals surface area contributed by atoms with Crippen LogP contribution >= 0.6 is 0 Å². The number of methoxy groups -OCH3 is 1. The molecule has 4 heteroatoms. The van der Waals surface area contributed by atoms with Crippen molar-refractivity contribution in [1.29, 1.82) is 0 Å². The Bertz CT molecular complexity index is 415. The van der Waals surface area contributed by atoms with E-state index in [2.05, 4.69) is 0 Å². The molecule has 1 aliphatic heterocycles. The number of hydrogen-bond acceptors (Lipinski definition) is 4. The third kappa shape index (κ3) is 1.69. The summed E-state index contributed by atoms with van der Waals surface area (Å²) in [4.78, 5) is 0. The number of aliphatic hydroxyl groups excluding tert-OH is 1. The van der Waals surface area contributed by atoms with E-state index in [1.807, 2.05) is 19.9 Å². The van der Waals surface area contributed by atoms with Crippen LogP contribution in [-0.4, -0.2) is 23.9 Å². The van der Waals surface area contributed by atoms with Crippen molar-refractivity contribution in [2.24, 2.45) is 0 Å². The number of nitrogen functional groups attached to an aromatic ring is 1. The predicted octanol–water partition coefficient (Wildman–Crippen LogP) is 1.35. The van der Waals surface area contributed by atoms with E-state index in [0.717, 1.165) is 11.3 Å². The third-order valence-electron chi connectivity index (χ3n) is 3.00. The molecule has 1 atom stereocenters. The zero-order valence-electron chi connectivity index (χ0n) is 9.78. The van der Waals surface area contributed by atoms with Gasteiger partial charge in [0, 0.05) is 18.1 Å². The fourth-order valence-electron chi connectivity index (χ4n) is 1.85. The summed E-state index contributed by atoms with van der Waals surface area (Å²) in [5.41, 5.74) is 6.71. The van der Waals surface area contributed by atoms with E-state index < -0.39 is 11.7 Å². The number of nitrogens with two attached hydrogens (primary N) is 1. The van der Waals surface area contributed by atoms with E-state index in [1.54, 1.807) is 13.2 Å². The summed E-state index contributed by atoms with van der Waals surface area (Å²) in [6.45, 7) is 3.72. The second-order valence-corrected chi connectivity index (χ2v) is 4.63. The average Bonchev–Trinajstić information content (AvgIpc) is 2.19. The topological polar surface area (TPSA) is 64.7 Å². The van der Waals surface area contributed by atoms with Gasteiger partial charge in [-0.2, -0.15) is 0 Å². The summed E-state index contributed by atoms with van der Waals surface area (Å²) in [5.74, 6) is 1.35. The Kier molecular flexibility index (Phi) is 2.46. The van der Waals surface area contributed by atoms with Crippen molar-refractivity contribution in [3.8, 4) is 11.5 Å². The summed E-state index contributed by atoms with van der Waals surface area (Å²) in [5, 5.41) is 9.92. The lowest BCUT2D eigenvalue weighted by molar-refractivity contribution is -0.0411. The summed E-state index contributed by atoms with van der Waals surface area (Å²) < 4.78 is 10.9. The number of aliphatic hydroxyl groups is 1. The molecular weight excluding hydrogens is 206 g/mol. The van der Waals surface area contributed by atoms with Crippen molar-refractivity contribution in [3.63, 3.8) is 0 Å². The largest absolute Gasteiger partial charge is 0.495 e. The van der Waals surface area contributed by atoms with Crippen LogP contribution in [0.1, 0.15) is 19.4 Å². The lowest BCUT2D eigenvalue weighted by Crippen LogP contribution is -2.46. The SMILES string of the molecule is COc1cc2c(cc1N)OC(C)(C)[C@H](O)C2. The van der Waals surface area contributed by atoms with Gasteiger partial charge in [-0.3, -0.25) is 0 Å². The first-order valence-corrected chi connectivity index (χ1v) is 5.27. The Balaban J connectivity index is 2.44. The maximum Gasteiger partial charge on any atom is 0.142 e. The molecule has 88 valence electrons. The van der Waals surface area contributed by atoms with Gasteiger partial charge in [-0.15, -0.1) is 0 Å². The van der Waals surface area contributed by atoms with Crippen LogP contribution in [-0.2, 0) is 6.42 Å². The van der Waals surface area contributed by atoms with Crippen LogP contribution in [0, 0.1) is 0 Å². The van der Waals surface area contributed by atoms with Crippen molar-refractivity contribution < 1.29 is 14.6 Å². The Hall–Kier alpha value is -1.42. The molecule has 0 amide bonds. The highest BCUT2D eigenvalue weighted by molar-refractivity contribution is 5.60. The van der Waals surface area contributed by atoms with Gasteiger partial charge < -0.3 is 20.3 Å². The van der Waals surface area contributed by atoms with Gasteiger partial charge in [-0.05, 0) is 19.9 Å². The van der Waals surface area contributed by atoms with Crippen LogP contribution in [0.15, 0.2) is 12.1 Å².